The lowest BCUT2D eigenvalue weighted by Gasteiger charge is -2.34. The Morgan fingerprint density at radius 2 is 2.12 bits per heavy atom. The van der Waals surface area contributed by atoms with Crippen molar-refractivity contribution in [1.29, 1.82) is 0 Å². The monoisotopic (exact) mass is 374 g/mol. The molecule has 1 N–H and O–H groups in total. The first-order valence-corrected chi connectivity index (χ1v) is 9.51. The summed E-state index contributed by atoms with van der Waals surface area (Å²) < 4.78 is 0. The first kappa shape index (κ1) is 18.5. The first-order chi connectivity index (χ1) is 12.4. The highest BCUT2D eigenvalue weighted by molar-refractivity contribution is 7.14. The highest BCUT2D eigenvalue weighted by Crippen LogP contribution is 2.27. The molecule has 2 aromatic rings. The van der Waals surface area contributed by atoms with Gasteiger partial charge in [-0.25, -0.2) is 4.98 Å². The maximum Gasteiger partial charge on any atom is 0.270 e. The van der Waals surface area contributed by atoms with Crippen LogP contribution in [0.3, 0.4) is 0 Å². The van der Waals surface area contributed by atoms with Gasteiger partial charge in [-0.2, -0.15) is 0 Å². The number of hydrogen-bond acceptors (Lipinski definition) is 6. The Balaban J connectivity index is 1.62. The number of carbonyl (C=O) groups excluding carboxylic acids is 1. The van der Waals surface area contributed by atoms with Crippen molar-refractivity contribution >= 4 is 28.1 Å². The number of amides is 1. The molecule has 3 rings (SSSR count). The lowest BCUT2D eigenvalue weighted by atomic mass is 9.92. The second-order valence-electron chi connectivity index (χ2n) is 7.03. The molecule has 1 aliphatic rings. The van der Waals surface area contributed by atoms with Crippen molar-refractivity contribution < 1.29 is 9.72 Å². The summed E-state index contributed by atoms with van der Waals surface area (Å²) in [6, 6.07) is 6.32. The van der Waals surface area contributed by atoms with Crippen LogP contribution in [0.2, 0.25) is 0 Å². The Labute approximate surface area is 156 Å². The van der Waals surface area contributed by atoms with Crippen molar-refractivity contribution in [3.8, 4) is 11.3 Å². The predicted molar refractivity (Wildman–Crippen MR) is 102 cm³/mol. The van der Waals surface area contributed by atoms with Crippen molar-refractivity contribution in [2.75, 3.05) is 25.0 Å². The number of non-ortho nitro benzene ring substituents is 1. The van der Waals surface area contributed by atoms with E-state index in [0.717, 1.165) is 13.1 Å². The van der Waals surface area contributed by atoms with E-state index in [9.17, 15) is 14.9 Å². The van der Waals surface area contributed by atoms with Crippen molar-refractivity contribution in [3.63, 3.8) is 0 Å². The molecule has 7 nitrogen and oxygen atoms in total. The standard InChI is InChI=1S/C18H22N4O3S/c1-12-6-13(2)9-21(8-12)10-17(23)20-18-19-16(11-26-18)14-4-3-5-15(7-14)22(24)25/h3-5,7,11-13H,6,8-10H2,1-2H3,(H,19,20,23)/t12-,13-/m1/s1. The lowest BCUT2D eigenvalue weighted by Crippen LogP contribution is -2.42. The zero-order valence-corrected chi connectivity index (χ0v) is 15.7. The Hall–Kier alpha value is -2.32. The van der Waals surface area contributed by atoms with E-state index in [2.05, 4.69) is 29.0 Å². The van der Waals surface area contributed by atoms with Crippen LogP contribution in [0.4, 0.5) is 10.8 Å². The van der Waals surface area contributed by atoms with E-state index in [-0.39, 0.29) is 11.6 Å². The summed E-state index contributed by atoms with van der Waals surface area (Å²) in [7, 11) is 0. The molecule has 2 heterocycles. The van der Waals surface area contributed by atoms with Crippen LogP contribution in [0, 0.1) is 22.0 Å². The van der Waals surface area contributed by atoms with Crippen LogP contribution in [0.25, 0.3) is 11.3 Å². The van der Waals surface area contributed by atoms with Gasteiger partial charge < -0.3 is 5.32 Å². The molecule has 0 aliphatic carbocycles. The highest BCUT2D eigenvalue weighted by Gasteiger charge is 2.23. The Kier molecular flexibility index (Phi) is 5.63. The molecule has 0 bridgehead atoms. The Morgan fingerprint density at radius 3 is 2.81 bits per heavy atom. The number of aromatic nitrogens is 1. The van der Waals surface area contributed by atoms with E-state index in [1.54, 1.807) is 17.5 Å². The molecule has 1 amide bonds. The van der Waals surface area contributed by atoms with Crippen LogP contribution < -0.4 is 5.32 Å². The molecule has 2 atom stereocenters. The van der Waals surface area contributed by atoms with Gasteiger partial charge in [0, 0.05) is 36.2 Å². The fourth-order valence-electron chi connectivity index (χ4n) is 3.53. The summed E-state index contributed by atoms with van der Waals surface area (Å²) >= 11 is 1.32. The third-order valence-electron chi connectivity index (χ3n) is 4.41. The summed E-state index contributed by atoms with van der Waals surface area (Å²) in [4.78, 5) is 29.3. The van der Waals surface area contributed by atoms with Gasteiger partial charge in [-0.15, -0.1) is 11.3 Å². The van der Waals surface area contributed by atoms with Crippen molar-refractivity contribution in [1.82, 2.24) is 9.88 Å². The molecule has 0 spiro atoms. The lowest BCUT2D eigenvalue weighted by molar-refractivity contribution is -0.384. The van der Waals surface area contributed by atoms with Crippen LogP contribution in [0.1, 0.15) is 20.3 Å². The molecular weight excluding hydrogens is 352 g/mol. The maximum absolute atomic E-state index is 12.3. The number of anilines is 1. The van der Waals surface area contributed by atoms with Gasteiger partial charge in [-0.05, 0) is 18.3 Å². The van der Waals surface area contributed by atoms with Crippen LogP contribution in [-0.2, 0) is 4.79 Å². The molecule has 1 aromatic heterocycles. The molecule has 1 fully saturated rings. The molecule has 1 aromatic carbocycles. The number of nitro groups is 1. The van der Waals surface area contributed by atoms with Gasteiger partial charge >= 0.3 is 0 Å². The molecule has 0 unspecified atom stereocenters. The summed E-state index contributed by atoms with van der Waals surface area (Å²) in [5, 5.41) is 16.0. The largest absolute Gasteiger partial charge is 0.301 e. The van der Waals surface area contributed by atoms with Crippen LogP contribution in [-0.4, -0.2) is 40.3 Å². The van der Waals surface area contributed by atoms with E-state index in [1.165, 1.54) is 29.9 Å². The van der Waals surface area contributed by atoms with Crippen molar-refractivity contribution in [2.45, 2.75) is 20.3 Å². The summed E-state index contributed by atoms with van der Waals surface area (Å²) in [6.45, 7) is 6.67. The molecule has 8 heteroatoms. The number of likely N-dealkylation sites (tertiary alicyclic amines) is 1. The molecule has 0 saturated carbocycles. The Bertz CT molecular complexity index is 797. The molecule has 0 radical (unpaired) electrons. The number of carbonyl (C=O) groups is 1. The summed E-state index contributed by atoms with van der Waals surface area (Å²) in [6.07, 6.45) is 1.21. The molecule has 1 aliphatic heterocycles. The highest BCUT2D eigenvalue weighted by atomic mass is 32.1. The second kappa shape index (κ2) is 7.92. The quantitative estimate of drug-likeness (QED) is 0.638. The number of hydrogen-bond donors (Lipinski definition) is 1. The minimum absolute atomic E-state index is 0.0226. The number of rotatable bonds is 5. The smallest absolute Gasteiger partial charge is 0.270 e. The van der Waals surface area contributed by atoms with Gasteiger partial charge in [-0.3, -0.25) is 19.8 Å². The summed E-state index contributed by atoms with van der Waals surface area (Å²) in [5.74, 6) is 1.13. The van der Waals surface area contributed by atoms with E-state index < -0.39 is 4.92 Å². The zero-order chi connectivity index (χ0) is 18.7. The van der Waals surface area contributed by atoms with Gasteiger partial charge in [0.2, 0.25) is 5.91 Å². The van der Waals surface area contributed by atoms with Crippen molar-refractivity contribution in [3.05, 3.63) is 39.8 Å². The average Bonchev–Trinajstić information content (AvgIpc) is 3.02. The minimum atomic E-state index is -0.431. The number of benzene rings is 1. The van der Waals surface area contributed by atoms with Gasteiger partial charge in [0.1, 0.15) is 0 Å². The van der Waals surface area contributed by atoms with E-state index >= 15 is 0 Å². The number of nitrogens with zero attached hydrogens (tertiary/aromatic N) is 3. The van der Waals surface area contributed by atoms with Crippen LogP contribution >= 0.6 is 11.3 Å². The normalized spacial score (nSPS) is 20.7. The van der Waals surface area contributed by atoms with Gasteiger partial charge in [0.25, 0.3) is 5.69 Å². The predicted octanol–water partition coefficient (Wildman–Crippen LogP) is 3.63. The molecule has 138 valence electrons. The number of piperidine rings is 1. The van der Waals surface area contributed by atoms with Crippen LogP contribution in [0.15, 0.2) is 29.6 Å². The molecule has 26 heavy (non-hydrogen) atoms. The van der Waals surface area contributed by atoms with Gasteiger partial charge in [0.05, 0.1) is 17.2 Å². The minimum Gasteiger partial charge on any atom is -0.301 e. The Morgan fingerprint density at radius 1 is 1.38 bits per heavy atom. The molecular formula is C18H22N4O3S. The topological polar surface area (TPSA) is 88.4 Å². The second-order valence-corrected chi connectivity index (χ2v) is 7.89. The van der Waals surface area contributed by atoms with Gasteiger partial charge in [0.15, 0.2) is 5.13 Å². The first-order valence-electron chi connectivity index (χ1n) is 8.63. The fourth-order valence-corrected chi connectivity index (χ4v) is 4.26. The SMILES string of the molecule is C[C@@H]1C[C@@H](C)CN(CC(=O)Nc2nc(-c3cccc([N+](=O)[O-])c3)cs2)C1. The summed E-state index contributed by atoms with van der Waals surface area (Å²) in [5.41, 5.74) is 1.30. The zero-order valence-electron chi connectivity index (χ0n) is 14.8. The van der Waals surface area contributed by atoms with Crippen molar-refractivity contribution in [2.24, 2.45) is 11.8 Å². The van der Waals surface area contributed by atoms with E-state index in [0.29, 0.717) is 34.8 Å². The van der Waals surface area contributed by atoms with Gasteiger partial charge in [-0.1, -0.05) is 26.0 Å². The average molecular weight is 374 g/mol. The third-order valence-corrected chi connectivity index (χ3v) is 5.17. The van der Waals surface area contributed by atoms with Crippen LogP contribution in [0.5, 0.6) is 0 Å². The van der Waals surface area contributed by atoms with E-state index in [1.807, 2.05) is 0 Å². The maximum atomic E-state index is 12.3. The number of nitrogens with one attached hydrogen (secondary N) is 1. The fraction of sp³-hybridized carbons (Fsp3) is 0.444. The number of nitro benzene ring substituents is 1. The number of thiazole rings is 1. The molecule has 1 saturated heterocycles. The third kappa shape index (κ3) is 4.64. The van der Waals surface area contributed by atoms with E-state index in [4.69, 9.17) is 0 Å².